The van der Waals surface area contributed by atoms with Crippen LogP contribution in [0.3, 0.4) is 0 Å². The summed E-state index contributed by atoms with van der Waals surface area (Å²) in [6, 6.07) is 16.8. The third-order valence-corrected chi connectivity index (χ3v) is 5.66. The number of aliphatic hydroxyl groups excluding tert-OH is 1. The van der Waals surface area contributed by atoms with E-state index in [-0.39, 0.29) is 6.42 Å². The molecule has 6 heteroatoms. The van der Waals surface area contributed by atoms with Gasteiger partial charge >= 0.3 is 5.97 Å². The summed E-state index contributed by atoms with van der Waals surface area (Å²) >= 11 is 5.97. The molecule has 0 bridgehead atoms. The van der Waals surface area contributed by atoms with E-state index < -0.39 is 17.5 Å². The first kappa shape index (κ1) is 22.1. The van der Waals surface area contributed by atoms with Crippen molar-refractivity contribution in [3.8, 4) is 0 Å². The van der Waals surface area contributed by atoms with Gasteiger partial charge in [0.15, 0.2) is 0 Å². The first-order valence-electron chi connectivity index (χ1n) is 9.84. The van der Waals surface area contributed by atoms with Crippen molar-refractivity contribution in [1.29, 1.82) is 0 Å². The first-order chi connectivity index (χ1) is 14.4. The number of carboxylic acids is 1. The molecule has 1 aliphatic carbocycles. The van der Waals surface area contributed by atoms with Gasteiger partial charge in [-0.2, -0.15) is 0 Å². The summed E-state index contributed by atoms with van der Waals surface area (Å²) in [5, 5.41) is 24.0. The van der Waals surface area contributed by atoms with Crippen LogP contribution in [0.4, 0.5) is 0 Å². The minimum atomic E-state index is -1.06. The highest BCUT2D eigenvalue weighted by atomic mass is 35.5. The molecule has 0 spiro atoms. The SMILES string of the molecule is COC1=C(c2ccccc2)C=CC(CCNC[C@H](O)c2cccc(Cl)c2)(C(=O)O)C1. The molecule has 0 fully saturated rings. The van der Waals surface area contributed by atoms with Crippen LogP contribution in [0.15, 0.2) is 72.5 Å². The largest absolute Gasteiger partial charge is 0.500 e. The van der Waals surface area contributed by atoms with Gasteiger partial charge in [0.1, 0.15) is 5.76 Å². The second kappa shape index (κ2) is 9.94. The molecule has 0 amide bonds. The molecular weight excluding hydrogens is 402 g/mol. The number of rotatable bonds is 9. The van der Waals surface area contributed by atoms with E-state index in [0.29, 0.717) is 30.3 Å². The van der Waals surface area contributed by atoms with Gasteiger partial charge in [-0.25, -0.2) is 0 Å². The molecule has 30 heavy (non-hydrogen) atoms. The maximum Gasteiger partial charge on any atom is 0.314 e. The van der Waals surface area contributed by atoms with Crippen molar-refractivity contribution in [2.24, 2.45) is 5.41 Å². The highest BCUT2D eigenvalue weighted by Crippen LogP contribution is 2.40. The fourth-order valence-corrected chi connectivity index (χ4v) is 3.84. The molecule has 1 unspecified atom stereocenters. The number of methoxy groups -OCH3 is 1. The summed E-state index contributed by atoms with van der Waals surface area (Å²) in [5.41, 5.74) is 1.56. The Balaban J connectivity index is 1.64. The Morgan fingerprint density at radius 2 is 2.00 bits per heavy atom. The van der Waals surface area contributed by atoms with E-state index >= 15 is 0 Å². The van der Waals surface area contributed by atoms with Gasteiger partial charge < -0.3 is 20.3 Å². The van der Waals surface area contributed by atoms with Crippen LogP contribution in [0.1, 0.15) is 30.1 Å². The average molecular weight is 428 g/mol. The zero-order valence-corrected chi connectivity index (χ0v) is 17.6. The van der Waals surface area contributed by atoms with E-state index in [4.69, 9.17) is 16.3 Å². The molecule has 2 aromatic carbocycles. The normalized spacial score (nSPS) is 19.6. The molecule has 0 radical (unpaired) electrons. The van der Waals surface area contributed by atoms with E-state index in [9.17, 15) is 15.0 Å². The Hall–Kier alpha value is -2.60. The van der Waals surface area contributed by atoms with Crippen LogP contribution in [-0.4, -0.2) is 36.4 Å². The number of aliphatic carboxylic acids is 1. The number of nitrogens with one attached hydrogen (secondary N) is 1. The molecule has 3 rings (SSSR count). The summed E-state index contributed by atoms with van der Waals surface area (Å²) in [6.45, 7) is 0.744. The standard InChI is InChI=1S/C24H26ClNO4/c1-30-22-15-24(23(28)29,11-10-20(22)17-6-3-2-4-7-17)12-13-26-16-21(27)18-8-5-9-19(25)14-18/h2-11,14,21,26-27H,12-13,15-16H2,1H3,(H,28,29)/t21-,24?/m0/s1. The van der Waals surface area contributed by atoms with Gasteiger partial charge in [0.05, 0.1) is 18.6 Å². The van der Waals surface area contributed by atoms with Crippen molar-refractivity contribution in [3.05, 3.63) is 88.7 Å². The molecule has 0 saturated heterocycles. The third kappa shape index (κ3) is 5.11. The Morgan fingerprint density at radius 1 is 1.23 bits per heavy atom. The van der Waals surface area contributed by atoms with Gasteiger partial charge in [0.2, 0.25) is 0 Å². The maximum atomic E-state index is 12.1. The second-order valence-electron chi connectivity index (χ2n) is 7.40. The third-order valence-electron chi connectivity index (χ3n) is 5.42. The summed E-state index contributed by atoms with van der Waals surface area (Å²) in [5.74, 6) is -0.234. The molecule has 0 saturated carbocycles. The summed E-state index contributed by atoms with van der Waals surface area (Å²) in [6.07, 6.45) is 3.53. The van der Waals surface area contributed by atoms with Crippen LogP contribution in [0, 0.1) is 5.41 Å². The van der Waals surface area contributed by atoms with Crippen molar-refractivity contribution in [3.63, 3.8) is 0 Å². The highest BCUT2D eigenvalue weighted by Gasteiger charge is 2.39. The maximum absolute atomic E-state index is 12.1. The molecule has 0 aromatic heterocycles. The number of carboxylic acid groups (broad SMARTS) is 1. The van der Waals surface area contributed by atoms with Crippen molar-refractivity contribution in [2.45, 2.75) is 18.9 Å². The van der Waals surface area contributed by atoms with Gasteiger partial charge in [0, 0.05) is 23.6 Å². The number of aliphatic hydroxyl groups is 1. The second-order valence-corrected chi connectivity index (χ2v) is 7.84. The molecule has 2 aromatic rings. The number of ether oxygens (including phenoxy) is 1. The van der Waals surface area contributed by atoms with Gasteiger partial charge in [0.25, 0.3) is 0 Å². The molecule has 0 heterocycles. The highest BCUT2D eigenvalue weighted by molar-refractivity contribution is 6.30. The molecule has 158 valence electrons. The quantitative estimate of drug-likeness (QED) is 0.515. The van der Waals surface area contributed by atoms with Gasteiger partial charge in [-0.05, 0) is 36.2 Å². The number of carbonyl (C=O) groups is 1. The van der Waals surface area contributed by atoms with Crippen molar-refractivity contribution < 1.29 is 19.7 Å². The number of allylic oxidation sites excluding steroid dienone is 3. The first-order valence-corrected chi connectivity index (χ1v) is 10.2. The van der Waals surface area contributed by atoms with E-state index in [2.05, 4.69) is 5.32 Å². The number of hydrogen-bond donors (Lipinski definition) is 3. The zero-order chi connectivity index (χ0) is 21.6. The lowest BCUT2D eigenvalue weighted by Crippen LogP contribution is -2.36. The Bertz CT molecular complexity index is 941. The minimum absolute atomic E-state index is 0.276. The molecule has 0 aliphatic heterocycles. The van der Waals surface area contributed by atoms with Crippen LogP contribution in [0.5, 0.6) is 0 Å². The Kier molecular flexibility index (Phi) is 7.32. The average Bonchev–Trinajstić information content (AvgIpc) is 2.76. The van der Waals surface area contributed by atoms with E-state index in [1.807, 2.05) is 42.5 Å². The van der Waals surface area contributed by atoms with Crippen LogP contribution in [-0.2, 0) is 9.53 Å². The topological polar surface area (TPSA) is 78.8 Å². The number of halogens is 1. The van der Waals surface area contributed by atoms with E-state index in [0.717, 1.165) is 16.7 Å². The lowest BCUT2D eigenvalue weighted by Gasteiger charge is -2.31. The van der Waals surface area contributed by atoms with Crippen molar-refractivity contribution >= 4 is 23.1 Å². The molecule has 3 N–H and O–H groups in total. The summed E-state index contributed by atoms with van der Waals surface area (Å²) in [7, 11) is 1.57. The Labute approximate surface area is 181 Å². The van der Waals surface area contributed by atoms with Crippen LogP contribution < -0.4 is 5.32 Å². The van der Waals surface area contributed by atoms with Gasteiger partial charge in [-0.3, -0.25) is 4.79 Å². The predicted octanol–water partition coefficient (Wildman–Crippen LogP) is 4.44. The number of benzene rings is 2. The van der Waals surface area contributed by atoms with Crippen LogP contribution >= 0.6 is 11.6 Å². The van der Waals surface area contributed by atoms with Crippen LogP contribution in [0.25, 0.3) is 5.57 Å². The lowest BCUT2D eigenvalue weighted by atomic mass is 9.75. The Morgan fingerprint density at radius 3 is 2.67 bits per heavy atom. The fourth-order valence-electron chi connectivity index (χ4n) is 3.64. The summed E-state index contributed by atoms with van der Waals surface area (Å²) in [4.78, 5) is 12.1. The monoisotopic (exact) mass is 427 g/mol. The van der Waals surface area contributed by atoms with Crippen LogP contribution in [0.2, 0.25) is 5.02 Å². The van der Waals surface area contributed by atoms with Crippen molar-refractivity contribution in [1.82, 2.24) is 5.32 Å². The molecule has 5 nitrogen and oxygen atoms in total. The van der Waals surface area contributed by atoms with E-state index in [1.54, 1.807) is 31.4 Å². The zero-order valence-electron chi connectivity index (χ0n) is 16.8. The van der Waals surface area contributed by atoms with E-state index in [1.165, 1.54) is 0 Å². The number of hydrogen-bond acceptors (Lipinski definition) is 4. The predicted molar refractivity (Wildman–Crippen MR) is 118 cm³/mol. The van der Waals surface area contributed by atoms with Gasteiger partial charge in [-0.1, -0.05) is 66.2 Å². The summed E-state index contributed by atoms with van der Waals surface area (Å²) < 4.78 is 5.57. The molecular formula is C24H26ClNO4. The van der Waals surface area contributed by atoms with Crippen molar-refractivity contribution in [2.75, 3.05) is 20.2 Å². The van der Waals surface area contributed by atoms with Gasteiger partial charge in [-0.15, -0.1) is 0 Å². The minimum Gasteiger partial charge on any atom is -0.500 e. The molecule has 1 aliphatic rings. The fraction of sp³-hybridized carbons (Fsp3) is 0.292. The molecule has 2 atom stereocenters. The lowest BCUT2D eigenvalue weighted by molar-refractivity contribution is -0.146. The smallest absolute Gasteiger partial charge is 0.314 e.